The number of rotatable bonds is 8. The molecule has 0 saturated carbocycles. The SMILES string of the molecule is CSCCCCCCNc1cc(C)cc(N)c1. The zero-order valence-corrected chi connectivity index (χ0v) is 11.8. The topological polar surface area (TPSA) is 38.0 Å². The maximum absolute atomic E-state index is 5.80. The first-order valence-electron chi connectivity index (χ1n) is 6.32. The average Bonchev–Trinajstić information content (AvgIpc) is 2.26. The van der Waals surface area contributed by atoms with Gasteiger partial charge in [0.25, 0.3) is 0 Å². The standard InChI is InChI=1S/C14H24N2S/c1-12-9-13(15)11-14(10-12)16-7-5-3-4-6-8-17-2/h9-11,16H,3-8,15H2,1-2H3. The summed E-state index contributed by atoms with van der Waals surface area (Å²) in [6.45, 7) is 3.12. The molecule has 0 amide bonds. The Balaban J connectivity index is 2.13. The number of aryl methyl sites for hydroxylation is 1. The molecule has 0 aliphatic carbocycles. The van der Waals surface area contributed by atoms with Crippen LogP contribution in [0.2, 0.25) is 0 Å². The molecule has 1 aromatic rings. The number of hydrogen-bond acceptors (Lipinski definition) is 3. The Hall–Kier alpha value is -0.830. The summed E-state index contributed by atoms with van der Waals surface area (Å²) in [4.78, 5) is 0. The van der Waals surface area contributed by atoms with Crippen LogP contribution in [0.4, 0.5) is 11.4 Å². The van der Waals surface area contributed by atoms with Crippen LogP contribution in [0.1, 0.15) is 31.2 Å². The van der Waals surface area contributed by atoms with E-state index >= 15 is 0 Å². The molecule has 17 heavy (non-hydrogen) atoms. The summed E-state index contributed by atoms with van der Waals surface area (Å²) in [7, 11) is 0. The van der Waals surface area contributed by atoms with Gasteiger partial charge in [-0.3, -0.25) is 0 Å². The van der Waals surface area contributed by atoms with Crippen molar-refractivity contribution < 1.29 is 0 Å². The lowest BCUT2D eigenvalue weighted by atomic mass is 10.2. The molecule has 0 atom stereocenters. The third-order valence-corrected chi connectivity index (χ3v) is 3.40. The number of nitrogens with one attached hydrogen (secondary N) is 1. The van der Waals surface area contributed by atoms with E-state index in [0.717, 1.165) is 17.9 Å². The molecule has 0 aliphatic heterocycles. The Labute approximate surface area is 109 Å². The maximum atomic E-state index is 5.80. The first kappa shape index (κ1) is 14.2. The highest BCUT2D eigenvalue weighted by molar-refractivity contribution is 7.98. The quantitative estimate of drug-likeness (QED) is 0.544. The fourth-order valence-corrected chi connectivity index (χ4v) is 2.37. The summed E-state index contributed by atoms with van der Waals surface area (Å²) in [5.74, 6) is 1.29. The van der Waals surface area contributed by atoms with Crippen molar-refractivity contribution in [3.05, 3.63) is 23.8 Å². The van der Waals surface area contributed by atoms with E-state index < -0.39 is 0 Å². The van der Waals surface area contributed by atoms with Gasteiger partial charge in [-0.25, -0.2) is 0 Å². The van der Waals surface area contributed by atoms with Crippen molar-refractivity contribution in [2.24, 2.45) is 0 Å². The number of hydrogen-bond donors (Lipinski definition) is 2. The number of thioether (sulfide) groups is 1. The first-order chi connectivity index (χ1) is 8.22. The van der Waals surface area contributed by atoms with Crippen LogP contribution in [0.5, 0.6) is 0 Å². The minimum atomic E-state index is 0.840. The Morgan fingerprint density at radius 3 is 2.59 bits per heavy atom. The van der Waals surface area contributed by atoms with Crippen molar-refractivity contribution >= 4 is 23.1 Å². The number of benzene rings is 1. The van der Waals surface area contributed by atoms with Crippen molar-refractivity contribution in [1.82, 2.24) is 0 Å². The summed E-state index contributed by atoms with van der Waals surface area (Å²) >= 11 is 1.94. The van der Waals surface area contributed by atoms with Gasteiger partial charge in [-0.1, -0.05) is 12.8 Å². The van der Waals surface area contributed by atoms with Crippen molar-refractivity contribution in [2.45, 2.75) is 32.6 Å². The summed E-state index contributed by atoms with van der Waals surface area (Å²) < 4.78 is 0. The smallest absolute Gasteiger partial charge is 0.0363 e. The van der Waals surface area contributed by atoms with Crippen LogP contribution in [-0.2, 0) is 0 Å². The molecule has 2 nitrogen and oxygen atoms in total. The van der Waals surface area contributed by atoms with Crippen LogP contribution in [-0.4, -0.2) is 18.6 Å². The molecule has 0 fully saturated rings. The molecule has 3 heteroatoms. The molecule has 0 radical (unpaired) electrons. The van der Waals surface area contributed by atoms with Crippen LogP contribution < -0.4 is 11.1 Å². The Kier molecular flexibility index (Phi) is 6.94. The lowest BCUT2D eigenvalue weighted by Gasteiger charge is -2.08. The monoisotopic (exact) mass is 252 g/mol. The average molecular weight is 252 g/mol. The Bertz CT molecular complexity index is 306. The van der Waals surface area contributed by atoms with Gasteiger partial charge in [-0.05, 0) is 55.5 Å². The minimum Gasteiger partial charge on any atom is -0.399 e. The van der Waals surface area contributed by atoms with E-state index in [1.165, 1.54) is 37.0 Å². The first-order valence-corrected chi connectivity index (χ1v) is 7.72. The van der Waals surface area contributed by atoms with E-state index in [-0.39, 0.29) is 0 Å². The molecule has 0 unspecified atom stereocenters. The van der Waals surface area contributed by atoms with E-state index in [4.69, 9.17) is 5.73 Å². The van der Waals surface area contributed by atoms with Crippen LogP contribution in [0, 0.1) is 6.92 Å². The second kappa shape index (κ2) is 8.29. The van der Waals surface area contributed by atoms with E-state index in [1.807, 2.05) is 23.9 Å². The molecule has 0 spiro atoms. The maximum Gasteiger partial charge on any atom is 0.0363 e. The molecule has 0 heterocycles. The fourth-order valence-electron chi connectivity index (χ4n) is 1.87. The molecule has 3 N–H and O–H groups in total. The third-order valence-electron chi connectivity index (χ3n) is 2.70. The van der Waals surface area contributed by atoms with Crippen molar-refractivity contribution in [1.29, 1.82) is 0 Å². The van der Waals surface area contributed by atoms with Gasteiger partial charge in [0.2, 0.25) is 0 Å². The van der Waals surface area contributed by atoms with Gasteiger partial charge in [0.05, 0.1) is 0 Å². The molecule has 1 rings (SSSR count). The van der Waals surface area contributed by atoms with Gasteiger partial charge in [0, 0.05) is 17.9 Å². The van der Waals surface area contributed by atoms with Crippen molar-refractivity contribution in [3.8, 4) is 0 Å². The number of nitrogen functional groups attached to an aromatic ring is 1. The number of anilines is 2. The Morgan fingerprint density at radius 1 is 1.12 bits per heavy atom. The van der Waals surface area contributed by atoms with Gasteiger partial charge in [0.15, 0.2) is 0 Å². The summed E-state index contributed by atoms with van der Waals surface area (Å²) in [6, 6.07) is 6.14. The lowest BCUT2D eigenvalue weighted by Crippen LogP contribution is -2.02. The van der Waals surface area contributed by atoms with Gasteiger partial charge in [-0.2, -0.15) is 11.8 Å². The predicted molar refractivity (Wildman–Crippen MR) is 80.9 cm³/mol. The molecule has 0 bridgehead atoms. The number of nitrogens with two attached hydrogens (primary N) is 1. The second-order valence-corrected chi connectivity index (χ2v) is 5.45. The lowest BCUT2D eigenvalue weighted by molar-refractivity contribution is 0.689. The Morgan fingerprint density at radius 2 is 1.88 bits per heavy atom. The molecule has 0 aliphatic rings. The van der Waals surface area contributed by atoms with E-state index in [1.54, 1.807) is 0 Å². The molecule has 96 valence electrons. The molecule has 1 aromatic carbocycles. The highest BCUT2D eigenvalue weighted by Gasteiger charge is 1.95. The molecular weight excluding hydrogens is 228 g/mol. The molecule has 0 saturated heterocycles. The number of unbranched alkanes of at least 4 members (excludes halogenated alkanes) is 3. The fraction of sp³-hybridized carbons (Fsp3) is 0.571. The molecule has 0 aromatic heterocycles. The van der Waals surface area contributed by atoms with E-state index in [2.05, 4.69) is 24.6 Å². The van der Waals surface area contributed by atoms with Crippen molar-refractivity contribution in [3.63, 3.8) is 0 Å². The minimum absolute atomic E-state index is 0.840. The van der Waals surface area contributed by atoms with Gasteiger partial charge in [-0.15, -0.1) is 0 Å². The highest BCUT2D eigenvalue weighted by Crippen LogP contribution is 2.16. The highest BCUT2D eigenvalue weighted by atomic mass is 32.2. The normalized spacial score (nSPS) is 10.5. The van der Waals surface area contributed by atoms with Gasteiger partial charge < -0.3 is 11.1 Å². The van der Waals surface area contributed by atoms with E-state index in [9.17, 15) is 0 Å². The largest absolute Gasteiger partial charge is 0.399 e. The summed E-state index contributed by atoms with van der Waals surface area (Å²) in [6.07, 6.45) is 7.41. The molecular formula is C14H24N2S. The van der Waals surface area contributed by atoms with Gasteiger partial charge >= 0.3 is 0 Å². The van der Waals surface area contributed by atoms with Crippen LogP contribution in [0.25, 0.3) is 0 Å². The van der Waals surface area contributed by atoms with E-state index in [0.29, 0.717) is 0 Å². The zero-order chi connectivity index (χ0) is 12.5. The third kappa shape index (κ3) is 6.47. The summed E-state index contributed by atoms with van der Waals surface area (Å²) in [5, 5.41) is 3.43. The predicted octanol–water partition coefficient (Wildman–Crippen LogP) is 3.91. The van der Waals surface area contributed by atoms with Crippen LogP contribution in [0.15, 0.2) is 18.2 Å². The summed E-state index contributed by atoms with van der Waals surface area (Å²) in [5.41, 5.74) is 9.00. The second-order valence-electron chi connectivity index (χ2n) is 4.47. The van der Waals surface area contributed by atoms with Gasteiger partial charge in [0.1, 0.15) is 0 Å². The zero-order valence-electron chi connectivity index (χ0n) is 11.0. The van der Waals surface area contributed by atoms with Crippen molar-refractivity contribution in [2.75, 3.05) is 29.6 Å². The van der Waals surface area contributed by atoms with Crippen LogP contribution in [0.3, 0.4) is 0 Å². The van der Waals surface area contributed by atoms with Crippen LogP contribution >= 0.6 is 11.8 Å².